The van der Waals surface area contributed by atoms with Crippen LogP contribution >= 0.6 is 23.1 Å². The van der Waals surface area contributed by atoms with E-state index in [1.54, 1.807) is 18.0 Å². The zero-order chi connectivity index (χ0) is 15.1. The third-order valence-electron chi connectivity index (χ3n) is 3.55. The van der Waals surface area contributed by atoms with E-state index in [1.807, 2.05) is 29.6 Å². The molecule has 1 aromatic carbocycles. The number of H-pyrrole nitrogens is 1. The van der Waals surface area contributed by atoms with Gasteiger partial charge >= 0.3 is 0 Å². The van der Waals surface area contributed by atoms with Gasteiger partial charge in [0.05, 0.1) is 11.6 Å². The van der Waals surface area contributed by atoms with Crippen molar-refractivity contribution in [2.45, 2.75) is 13.0 Å². The van der Waals surface area contributed by atoms with Gasteiger partial charge < -0.3 is 4.98 Å². The number of benzene rings is 1. The lowest BCUT2D eigenvalue weighted by molar-refractivity contribution is 0.104. The van der Waals surface area contributed by atoms with Crippen LogP contribution < -0.4 is 0 Å². The Morgan fingerprint density at radius 3 is 3.05 bits per heavy atom. The molecule has 0 spiro atoms. The Hall–Kier alpha value is -1.92. The molecule has 0 saturated carbocycles. The highest BCUT2D eigenvalue weighted by Crippen LogP contribution is 2.26. The van der Waals surface area contributed by atoms with Crippen LogP contribution in [-0.2, 0) is 0 Å². The van der Waals surface area contributed by atoms with Gasteiger partial charge in [-0.2, -0.15) is 0 Å². The molecule has 1 N–H and O–H groups in total. The summed E-state index contributed by atoms with van der Waals surface area (Å²) >= 11 is 3.09. The van der Waals surface area contributed by atoms with Crippen LogP contribution in [0.4, 0.5) is 0 Å². The third kappa shape index (κ3) is 2.28. The molecular weight excluding hydrogens is 314 g/mol. The first-order valence-corrected chi connectivity index (χ1v) is 8.86. The van der Waals surface area contributed by atoms with Crippen molar-refractivity contribution in [2.24, 2.45) is 4.99 Å². The summed E-state index contributed by atoms with van der Waals surface area (Å²) in [5, 5.41) is 4.32. The maximum atomic E-state index is 12.7. The average Bonchev–Trinajstić information content (AvgIpc) is 3.25. The van der Waals surface area contributed by atoms with E-state index in [0.717, 1.165) is 27.4 Å². The average molecular weight is 327 g/mol. The summed E-state index contributed by atoms with van der Waals surface area (Å²) in [5.41, 5.74) is 2.46. The topological polar surface area (TPSA) is 58.1 Å². The Morgan fingerprint density at radius 1 is 1.36 bits per heavy atom. The van der Waals surface area contributed by atoms with Gasteiger partial charge in [-0.25, -0.2) is 4.98 Å². The van der Waals surface area contributed by atoms with Gasteiger partial charge in [-0.3, -0.25) is 9.79 Å². The SMILES string of the molecule is CC1CSC(c2csc(C(=O)c3c[nH]c4ccccc34)n2)=N1. The molecule has 4 nitrogen and oxygen atoms in total. The van der Waals surface area contributed by atoms with E-state index in [9.17, 15) is 4.79 Å². The van der Waals surface area contributed by atoms with Crippen LogP contribution in [0.25, 0.3) is 10.9 Å². The Balaban J connectivity index is 1.69. The van der Waals surface area contributed by atoms with E-state index in [1.165, 1.54) is 11.3 Å². The summed E-state index contributed by atoms with van der Waals surface area (Å²) in [6.45, 7) is 2.09. The maximum absolute atomic E-state index is 12.7. The highest BCUT2D eigenvalue weighted by molar-refractivity contribution is 8.14. The normalized spacial score (nSPS) is 17.9. The molecule has 1 aliphatic heterocycles. The zero-order valence-corrected chi connectivity index (χ0v) is 13.5. The number of fused-ring (bicyclic) bond motifs is 1. The number of thioether (sulfide) groups is 1. The first-order valence-electron chi connectivity index (χ1n) is 6.99. The van der Waals surface area contributed by atoms with Crippen molar-refractivity contribution in [1.29, 1.82) is 0 Å². The fourth-order valence-electron chi connectivity index (χ4n) is 2.47. The van der Waals surface area contributed by atoms with Gasteiger partial charge in [-0.05, 0) is 13.0 Å². The van der Waals surface area contributed by atoms with Gasteiger partial charge in [0.2, 0.25) is 5.78 Å². The Morgan fingerprint density at radius 2 is 2.23 bits per heavy atom. The fraction of sp³-hybridized carbons (Fsp3) is 0.188. The smallest absolute Gasteiger partial charge is 0.223 e. The van der Waals surface area contributed by atoms with Crippen molar-refractivity contribution in [1.82, 2.24) is 9.97 Å². The summed E-state index contributed by atoms with van der Waals surface area (Å²) in [4.78, 5) is 24.9. The standard InChI is InChI=1S/C16H13N3OS2/c1-9-7-21-15(18-9)13-8-22-16(19-13)14(20)11-6-17-12-5-3-2-4-10(11)12/h2-6,8-9,17H,7H2,1H3. The summed E-state index contributed by atoms with van der Waals surface area (Å²) < 4.78 is 0. The predicted molar refractivity (Wildman–Crippen MR) is 92.3 cm³/mol. The van der Waals surface area contributed by atoms with Gasteiger partial charge in [-0.1, -0.05) is 18.2 Å². The Labute approximate surface area is 135 Å². The molecular formula is C16H13N3OS2. The Bertz CT molecular complexity index is 894. The first-order chi connectivity index (χ1) is 10.7. The van der Waals surface area contributed by atoms with Gasteiger partial charge in [-0.15, -0.1) is 23.1 Å². The van der Waals surface area contributed by atoms with Crippen LogP contribution in [0, 0.1) is 0 Å². The van der Waals surface area contributed by atoms with E-state index in [-0.39, 0.29) is 5.78 Å². The molecule has 2 aromatic heterocycles. The molecule has 22 heavy (non-hydrogen) atoms. The molecule has 3 heterocycles. The van der Waals surface area contributed by atoms with Crippen molar-refractivity contribution >= 4 is 44.8 Å². The lowest BCUT2D eigenvalue weighted by Gasteiger charge is -1.95. The van der Waals surface area contributed by atoms with E-state index < -0.39 is 0 Å². The number of para-hydroxylation sites is 1. The van der Waals surface area contributed by atoms with Crippen LogP contribution in [0.3, 0.4) is 0 Å². The summed E-state index contributed by atoms with van der Waals surface area (Å²) in [7, 11) is 0. The highest BCUT2D eigenvalue weighted by atomic mass is 32.2. The Kier molecular flexibility index (Phi) is 3.35. The molecule has 6 heteroatoms. The molecule has 1 unspecified atom stereocenters. The summed E-state index contributed by atoms with van der Waals surface area (Å²) in [6, 6.07) is 8.13. The lowest BCUT2D eigenvalue weighted by atomic mass is 10.1. The number of ketones is 1. The molecule has 0 aliphatic carbocycles. The minimum Gasteiger partial charge on any atom is -0.360 e. The van der Waals surface area contributed by atoms with Crippen molar-refractivity contribution in [2.75, 3.05) is 5.75 Å². The van der Waals surface area contributed by atoms with Crippen LogP contribution in [0.5, 0.6) is 0 Å². The summed E-state index contributed by atoms with van der Waals surface area (Å²) in [6.07, 6.45) is 1.76. The molecule has 1 aliphatic rings. The number of aromatic nitrogens is 2. The van der Waals surface area contributed by atoms with Crippen molar-refractivity contribution < 1.29 is 4.79 Å². The van der Waals surface area contributed by atoms with Crippen molar-refractivity contribution in [3.63, 3.8) is 0 Å². The number of carbonyl (C=O) groups excluding carboxylic acids is 1. The van der Waals surface area contributed by atoms with Gasteiger partial charge in [0.1, 0.15) is 10.7 Å². The zero-order valence-electron chi connectivity index (χ0n) is 11.9. The molecule has 0 fully saturated rings. The number of nitrogens with one attached hydrogen (secondary N) is 1. The van der Waals surface area contributed by atoms with E-state index in [2.05, 4.69) is 21.9 Å². The van der Waals surface area contributed by atoms with Gasteiger partial charge in [0, 0.05) is 28.2 Å². The minimum absolute atomic E-state index is 0.0367. The number of aliphatic imine (C=N–C) groups is 1. The molecule has 110 valence electrons. The molecule has 0 bridgehead atoms. The molecule has 0 radical (unpaired) electrons. The van der Waals surface area contributed by atoms with E-state index in [0.29, 0.717) is 16.6 Å². The van der Waals surface area contributed by atoms with Crippen LogP contribution in [0.1, 0.15) is 28.0 Å². The molecule has 0 saturated heterocycles. The first kappa shape index (κ1) is 13.7. The van der Waals surface area contributed by atoms with Crippen LogP contribution in [0.15, 0.2) is 40.8 Å². The van der Waals surface area contributed by atoms with Crippen molar-refractivity contribution in [3.05, 3.63) is 52.1 Å². The quantitative estimate of drug-likeness (QED) is 0.746. The van der Waals surface area contributed by atoms with Crippen LogP contribution in [0.2, 0.25) is 0 Å². The lowest BCUT2D eigenvalue weighted by Crippen LogP contribution is -2.01. The molecule has 0 amide bonds. The van der Waals surface area contributed by atoms with Gasteiger partial charge in [0.15, 0.2) is 5.01 Å². The number of hydrogen-bond donors (Lipinski definition) is 1. The second-order valence-electron chi connectivity index (χ2n) is 5.21. The fourth-order valence-corrected chi connectivity index (χ4v) is 4.28. The maximum Gasteiger partial charge on any atom is 0.223 e. The molecule has 4 rings (SSSR count). The predicted octanol–water partition coefficient (Wildman–Crippen LogP) is 3.74. The molecule has 3 aromatic rings. The highest BCUT2D eigenvalue weighted by Gasteiger charge is 2.21. The third-order valence-corrected chi connectivity index (χ3v) is 5.63. The largest absolute Gasteiger partial charge is 0.360 e. The second-order valence-corrected chi connectivity index (χ2v) is 7.08. The van der Waals surface area contributed by atoms with Crippen molar-refractivity contribution in [3.8, 4) is 0 Å². The monoisotopic (exact) mass is 327 g/mol. The van der Waals surface area contributed by atoms with E-state index >= 15 is 0 Å². The summed E-state index contributed by atoms with van der Waals surface area (Å²) in [5.74, 6) is 0.948. The number of thiazole rings is 1. The number of carbonyl (C=O) groups is 1. The van der Waals surface area contributed by atoms with E-state index in [4.69, 9.17) is 0 Å². The van der Waals surface area contributed by atoms with Gasteiger partial charge in [0.25, 0.3) is 0 Å². The minimum atomic E-state index is -0.0367. The number of hydrogen-bond acceptors (Lipinski definition) is 5. The van der Waals surface area contributed by atoms with Crippen LogP contribution in [-0.4, -0.2) is 32.6 Å². The number of nitrogens with zero attached hydrogens (tertiary/aromatic N) is 2. The number of rotatable bonds is 3. The second kappa shape index (κ2) is 5.37. The number of aromatic amines is 1. The molecule has 1 atom stereocenters.